The first-order valence-electron chi connectivity index (χ1n) is 9.47. The number of carbonyl (C=O) groups is 2. The van der Waals surface area contributed by atoms with Crippen LogP contribution in [0.15, 0.2) is 36.4 Å². The molecule has 0 bridgehead atoms. The molecular formula is C21H22Cl3N3O3. The lowest BCUT2D eigenvalue weighted by Crippen LogP contribution is -2.48. The Morgan fingerprint density at radius 2 is 1.70 bits per heavy atom. The van der Waals surface area contributed by atoms with Gasteiger partial charge in [0.05, 0.1) is 15.7 Å². The van der Waals surface area contributed by atoms with E-state index in [2.05, 4.69) is 10.2 Å². The molecule has 0 unspecified atom stereocenters. The molecule has 1 N–H and O–H groups in total. The van der Waals surface area contributed by atoms with Gasteiger partial charge in [-0.1, -0.05) is 34.8 Å². The van der Waals surface area contributed by atoms with Crippen LogP contribution in [0.1, 0.15) is 13.8 Å². The smallest absolute Gasteiger partial charge is 0.265 e. The van der Waals surface area contributed by atoms with Gasteiger partial charge in [0.25, 0.3) is 5.91 Å². The van der Waals surface area contributed by atoms with Gasteiger partial charge in [0.15, 0.2) is 6.10 Å². The van der Waals surface area contributed by atoms with Crippen LogP contribution in [0.3, 0.4) is 0 Å². The predicted octanol–water partition coefficient (Wildman–Crippen LogP) is 4.72. The van der Waals surface area contributed by atoms with Crippen LogP contribution in [-0.4, -0.2) is 49.0 Å². The van der Waals surface area contributed by atoms with Crippen molar-refractivity contribution in [3.05, 3.63) is 51.5 Å². The van der Waals surface area contributed by atoms with E-state index in [0.717, 1.165) is 5.69 Å². The summed E-state index contributed by atoms with van der Waals surface area (Å²) in [5.41, 5.74) is 1.43. The van der Waals surface area contributed by atoms with Gasteiger partial charge in [0.1, 0.15) is 5.75 Å². The van der Waals surface area contributed by atoms with E-state index in [1.165, 1.54) is 0 Å². The average Bonchev–Trinajstić information content (AvgIpc) is 2.70. The molecule has 1 aliphatic heterocycles. The molecule has 160 valence electrons. The number of anilines is 2. The van der Waals surface area contributed by atoms with Crippen molar-refractivity contribution in [1.29, 1.82) is 0 Å². The van der Waals surface area contributed by atoms with Gasteiger partial charge < -0.3 is 19.9 Å². The van der Waals surface area contributed by atoms with Crippen LogP contribution >= 0.6 is 34.8 Å². The topological polar surface area (TPSA) is 61.9 Å². The maximum Gasteiger partial charge on any atom is 0.265 e. The first-order valence-corrected chi connectivity index (χ1v) is 10.6. The molecule has 1 fully saturated rings. The molecule has 0 aromatic heterocycles. The standard InChI is InChI=1S/C21H22Cl3N3O3/c1-13(30-20-6-3-15(22)11-18(20)24)21(29)25-16-4-5-19(17(23)12-16)27-9-7-26(8-10-27)14(2)28/h3-6,11-13H,7-10H2,1-2H3,(H,25,29)/t13-/m1/s1. The summed E-state index contributed by atoms with van der Waals surface area (Å²) < 4.78 is 5.64. The Morgan fingerprint density at radius 3 is 2.30 bits per heavy atom. The Morgan fingerprint density at radius 1 is 1.00 bits per heavy atom. The van der Waals surface area contributed by atoms with Crippen LogP contribution in [0.5, 0.6) is 5.75 Å². The van der Waals surface area contributed by atoms with Crippen molar-refractivity contribution in [1.82, 2.24) is 4.90 Å². The average molecular weight is 471 g/mol. The monoisotopic (exact) mass is 469 g/mol. The van der Waals surface area contributed by atoms with E-state index >= 15 is 0 Å². The number of rotatable bonds is 5. The summed E-state index contributed by atoms with van der Waals surface area (Å²) >= 11 is 18.4. The van der Waals surface area contributed by atoms with Crippen molar-refractivity contribution in [2.24, 2.45) is 0 Å². The molecule has 0 saturated carbocycles. The van der Waals surface area contributed by atoms with Crippen molar-refractivity contribution in [3.8, 4) is 5.75 Å². The maximum atomic E-state index is 12.5. The molecular weight excluding hydrogens is 449 g/mol. The minimum atomic E-state index is -0.776. The van der Waals surface area contributed by atoms with Crippen molar-refractivity contribution in [3.63, 3.8) is 0 Å². The van der Waals surface area contributed by atoms with E-state index in [9.17, 15) is 9.59 Å². The number of benzene rings is 2. The van der Waals surface area contributed by atoms with Gasteiger partial charge in [-0.05, 0) is 43.3 Å². The van der Waals surface area contributed by atoms with Crippen molar-refractivity contribution in [2.75, 3.05) is 36.4 Å². The van der Waals surface area contributed by atoms with Gasteiger partial charge >= 0.3 is 0 Å². The molecule has 1 saturated heterocycles. The number of carbonyl (C=O) groups excluding carboxylic acids is 2. The molecule has 9 heteroatoms. The minimum absolute atomic E-state index is 0.0787. The second-order valence-electron chi connectivity index (χ2n) is 6.98. The minimum Gasteiger partial charge on any atom is -0.479 e. The van der Waals surface area contributed by atoms with E-state index in [1.54, 1.807) is 44.2 Å². The fourth-order valence-corrected chi connectivity index (χ4v) is 3.92. The van der Waals surface area contributed by atoms with Gasteiger partial charge in [-0.15, -0.1) is 0 Å². The first kappa shape index (κ1) is 22.5. The largest absolute Gasteiger partial charge is 0.479 e. The van der Waals surface area contributed by atoms with Crippen LogP contribution in [0.4, 0.5) is 11.4 Å². The van der Waals surface area contributed by atoms with Crippen molar-refractivity contribution >= 4 is 58.0 Å². The highest BCUT2D eigenvalue weighted by molar-refractivity contribution is 6.35. The van der Waals surface area contributed by atoms with Crippen LogP contribution in [-0.2, 0) is 9.59 Å². The first-order chi connectivity index (χ1) is 14.2. The van der Waals surface area contributed by atoms with Gasteiger partial charge in [-0.3, -0.25) is 9.59 Å². The van der Waals surface area contributed by atoms with Crippen LogP contribution in [0.2, 0.25) is 15.1 Å². The summed E-state index contributed by atoms with van der Waals surface area (Å²) in [5, 5.41) is 4.14. The van der Waals surface area contributed by atoms with E-state index < -0.39 is 6.10 Å². The highest BCUT2D eigenvalue weighted by atomic mass is 35.5. The molecule has 2 aromatic rings. The number of nitrogens with zero attached hydrogens (tertiary/aromatic N) is 2. The fraction of sp³-hybridized carbons (Fsp3) is 0.333. The van der Waals surface area contributed by atoms with E-state index in [4.69, 9.17) is 39.5 Å². The third-order valence-electron chi connectivity index (χ3n) is 4.85. The number of halogens is 3. The van der Waals surface area contributed by atoms with Gasteiger partial charge in [-0.2, -0.15) is 0 Å². The lowest BCUT2D eigenvalue weighted by Gasteiger charge is -2.36. The van der Waals surface area contributed by atoms with Crippen LogP contribution < -0.4 is 15.0 Å². The molecule has 0 radical (unpaired) electrons. The molecule has 2 amide bonds. The highest BCUT2D eigenvalue weighted by Crippen LogP contribution is 2.31. The summed E-state index contributed by atoms with van der Waals surface area (Å²) in [7, 11) is 0. The Kier molecular flexibility index (Phi) is 7.34. The van der Waals surface area contributed by atoms with Gasteiger partial charge in [0.2, 0.25) is 5.91 Å². The third kappa shape index (κ3) is 5.50. The lowest BCUT2D eigenvalue weighted by molar-refractivity contribution is -0.129. The zero-order valence-electron chi connectivity index (χ0n) is 16.6. The summed E-state index contributed by atoms with van der Waals surface area (Å²) in [6, 6.07) is 10.2. The summed E-state index contributed by atoms with van der Waals surface area (Å²) in [4.78, 5) is 27.9. The molecule has 6 nitrogen and oxygen atoms in total. The number of nitrogens with one attached hydrogen (secondary N) is 1. The van der Waals surface area contributed by atoms with E-state index in [1.807, 2.05) is 11.0 Å². The molecule has 1 aliphatic rings. The molecule has 0 aliphatic carbocycles. The maximum absolute atomic E-state index is 12.5. The Labute approximate surface area is 190 Å². The molecule has 30 heavy (non-hydrogen) atoms. The van der Waals surface area contributed by atoms with Crippen LogP contribution in [0, 0.1) is 0 Å². The predicted molar refractivity (Wildman–Crippen MR) is 121 cm³/mol. The Bertz CT molecular complexity index is 946. The van der Waals surface area contributed by atoms with Crippen molar-refractivity contribution < 1.29 is 14.3 Å². The molecule has 1 heterocycles. The van der Waals surface area contributed by atoms with E-state index in [0.29, 0.717) is 52.7 Å². The number of hydrogen-bond acceptors (Lipinski definition) is 4. The van der Waals surface area contributed by atoms with Gasteiger partial charge in [-0.25, -0.2) is 0 Å². The summed E-state index contributed by atoms with van der Waals surface area (Å²) in [6.45, 7) is 5.93. The van der Waals surface area contributed by atoms with Crippen molar-refractivity contribution in [2.45, 2.75) is 20.0 Å². The third-order valence-corrected chi connectivity index (χ3v) is 5.68. The zero-order valence-corrected chi connectivity index (χ0v) is 18.9. The quantitative estimate of drug-likeness (QED) is 0.687. The Balaban J connectivity index is 1.61. The fourth-order valence-electron chi connectivity index (χ4n) is 3.16. The number of ether oxygens (including phenoxy) is 1. The van der Waals surface area contributed by atoms with Gasteiger partial charge in [0, 0.05) is 43.8 Å². The van der Waals surface area contributed by atoms with E-state index in [-0.39, 0.29) is 11.8 Å². The molecule has 1 atom stereocenters. The number of piperazine rings is 1. The lowest BCUT2D eigenvalue weighted by atomic mass is 10.2. The highest BCUT2D eigenvalue weighted by Gasteiger charge is 2.21. The normalized spacial score (nSPS) is 15.0. The number of hydrogen-bond donors (Lipinski definition) is 1. The molecule has 0 spiro atoms. The second kappa shape index (κ2) is 9.77. The summed E-state index contributed by atoms with van der Waals surface area (Å²) in [5.74, 6) is 0.122. The Hall–Kier alpha value is -2.15. The molecule has 2 aromatic carbocycles. The molecule has 3 rings (SSSR count). The summed E-state index contributed by atoms with van der Waals surface area (Å²) in [6.07, 6.45) is -0.776. The zero-order chi connectivity index (χ0) is 21.8. The second-order valence-corrected chi connectivity index (χ2v) is 8.23. The number of amides is 2. The SMILES string of the molecule is CC(=O)N1CCN(c2ccc(NC(=O)[C@@H](C)Oc3ccc(Cl)cc3Cl)cc2Cl)CC1. The van der Waals surface area contributed by atoms with Crippen LogP contribution in [0.25, 0.3) is 0 Å².